The van der Waals surface area contributed by atoms with Gasteiger partial charge in [-0.3, -0.25) is 4.79 Å². The topological polar surface area (TPSA) is 26.3 Å². The maximum Gasteiger partial charge on any atom is 0.319 e. The summed E-state index contributed by atoms with van der Waals surface area (Å²) in [6.45, 7) is 7.29. The Kier molecular flexibility index (Phi) is 3.36. The van der Waals surface area contributed by atoms with Crippen LogP contribution in [0, 0.1) is 0 Å². The van der Waals surface area contributed by atoms with Crippen molar-refractivity contribution < 1.29 is 9.53 Å². The van der Waals surface area contributed by atoms with E-state index in [4.69, 9.17) is 4.74 Å². The summed E-state index contributed by atoms with van der Waals surface area (Å²) in [4.78, 5) is 10.7. The van der Waals surface area contributed by atoms with Crippen molar-refractivity contribution in [2.45, 2.75) is 38.1 Å². The molecule has 0 aliphatic rings. The molecule has 0 fully saturated rings. The molecule has 0 radical (unpaired) electrons. The molecule has 0 spiro atoms. The molecule has 0 heterocycles. The van der Waals surface area contributed by atoms with Crippen molar-refractivity contribution in [1.82, 2.24) is 0 Å². The monoisotopic (exact) mass is 208 g/mol. The maximum absolute atomic E-state index is 10.9. The summed E-state index contributed by atoms with van der Waals surface area (Å²) in [5.74, 6) is -0.215. The first-order valence-corrected chi connectivity index (χ1v) is 4.11. The number of alkyl halides is 1. The predicted molar refractivity (Wildman–Crippen MR) is 44.2 cm³/mol. The Morgan fingerprint density at radius 2 is 1.90 bits per heavy atom. The Morgan fingerprint density at radius 3 is 2.00 bits per heavy atom. The standard InChI is InChI=1S/C7H13BrO2/c1-5(8)6(9)10-7(2,3)4/h5H,1-4H3/t5-/m0/s1. The molecule has 3 heteroatoms. The quantitative estimate of drug-likeness (QED) is 0.488. The van der Waals surface area contributed by atoms with E-state index in [1.165, 1.54) is 0 Å². The van der Waals surface area contributed by atoms with Gasteiger partial charge in [0, 0.05) is 0 Å². The third-order valence-electron chi connectivity index (χ3n) is 0.732. The second-order valence-electron chi connectivity index (χ2n) is 3.15. The lowest BCUT2D eigenvalue weighted by molar-refractivity contribution is -0.153. The number of hydrogen-bond acceptors (Lipinski definition) is 2. The Morgan fingerprint density at radius 1 is 1.50 bits per heavy atom. The Hall–Kier alpha value is -0.0500. The average Bonchev–Trinajstić information content (AvgIpc) is 1.60. The number of ether oxygens (including phenoxy) is 1. The van der Waals surface area contributed by atoms with Crippen LogP contribution in [0.3, 0.4) is 0 Å². The minimum atomic E-state index is -0.376. The van der Waals surface area contributed by atoms with Crippen molar-refractivity contribution in [3.05, 3.63) is 0 Å². The average molecular weight is 209 g/mol. The van der Waals surface area contributed by atoms with Gasteiger partial charge in [-0.25, -0.2) is 0 Å². The molecule has 2 nitrogen and oxygen atoms in total. The lowest BCUT2D eigenvalue weighted by atomic mass is 10.2. The van der Waals surface area contributed by atoms with E-state index in [9.17, 15) is 4.79 Å². The van der Waals surface area contributed by atoms with E-state index in [0.29, 0.717) is 0 Å². The molecule has 10 heavy (non-hydrogen) atoms. The fourth-order valence-electron chi connectivity index (χ4n) is 0.383. The van der Waals surface area contributed by atoms with Gasteiger partial charge in [0.2, 0.25) is 0 Å². The van der Waals surface area contributed by atoms with Gasteiger partial charge in [-0.2, -0.15) is 0 Å². The van der Waals surface area contributed by atoms with Gasteiger partial charge >= 0.3 is 5.97 Å². The Balaban J connectivity index is 3.81. The van der Waals surface area contributed by atoms with Crippen molar-refractivity contribution in [3.8, 4) is 0 Å². The normalized spacial score (nSPS) is 14.5. The van der Waals surface area contributed by atoms with Crippen LogP contribution in [0.15, 0.2) is 0 Å². The second kappa shape index (κ2) is 3.37. The lowest BCUT2D eigenvalue weighted by Crippen LogP contribution is -2.27. The van der Waals surface area contributed by atoms with Crippen LogP contribution in [-0.2, 0) is 9.53 Å². The molecule has 0 aliphatic carbocycles. The molecule has 0 saturated heterocycles. The Labute approximate surface area is 70.1 Å². The lowest BCUT2D eigenvalue weighted by Gasteiger charge is -2.20. The van der Waals surface area contributed by atoms with Crippen LogP contribution in [0.4, 0.5) is 0 Å². The Bertz CT molecular complexity index is 124. The van der Waals surface area contributed by atoms with E-state index >= 15 is 0 Å². The molecule has 0 rings (SSSR count). The van der Waals surface area contributed by atoms with Crippen molar-refractivity contribution >= 4 is 21.9 Å². The summed E-state index contributed by atoms with van der Waals surface area (Å²) in [5, 5.41) is 0. The van der Waals surface area contributed by atoms with Gasteiger partial charge in [0.25, 0.3) is 0 Å². The van der Waals surface area contributed by atoms with Gasteiger partial charge in [-0.1, -0.05) is 15.9 Å². The highest BCUT2D eigenvalue weighted by molar-refractivity contribution is 9.10. The van der Waals surface area contributed by atoms with E-state index in [0.717, 1.165) is 0 Å². The van der Waals surface area contributed by atoms with Gasteiger partial charge in [-0.15, -0.1) is 0 Å². The summed E-state index contributed by atoms with van der Waals surface area (Å²) in [5.41, 5.74) is -0.376. The van der Waals surface area contributed by atoms with Crippen molar-refractivity contribution in [1.29, 1.82) is 0 Å². The molecular formula is C7H13BrO2. The van der Waals surface area contributed by atoms with E-state index in [2.05, 4.69) is 15.9 Å². The zero-order chi connectivity index (χ0) is 8.36. The van der Waals surface area contributed by atoms with E-state index in [1.54, 1.807) is 6.92 Å². The van der Waals surface area contributed by atoms with Crippen LogP contribution in [0.2, 0.25) is 0 Å². The highest BCUT2D eigenvalue weighted by atomic mass is 79.9. The van der Waals surface area contributed by atoms with Crippen molar-refractivity contribution in [3.63, 3.8) is 0 Å². The molecule has 0 aromatic heterocycles. The number of carbonyl (C=O) groups excluding carboxylic acids is 1. The molecule has 0 bridgehead atoms. The van der Waals surface area contributed by atoms with E-state index in [-0.39, 0.29) is 16.4 Å². The van der Waals surface area contributed by atoms with Gasteiger partial charge in [0.15, 0.2) is 0 Å². The number of hydrogen-bond donors (Lipinski definition) is 0. The highest BCUT2D eigenvalue weighted by Gasteiger charge is 2.19. The molecule has 0 amide bonds. The molecule has 0 unspecified atom stereocenters. The van der Waals surface area contributed by atoms with Crippen LogP contribution in [0.25, 0.3) is 0 Å². The SMILES string of the molecule is C[C@H](Br)C(=O)OC(C)(C)C. The van der Waals surface area contributed by atoms with Crippen LogP contribution >= 0.6 is 15.9 Å². The van der Waals surface area contributed by atoms with E-state index < -0.39 is 0 Å². The largest absolute Gasteiger partial charge is 0.459 e. The number of carbonyl (C=O) groups is 1. The number of halogens is 1. The molecule has 0 aromatic carbocycles. The van der Waals surface area contributed by atoms with Gasteiger partial charge in [0.1, 0.15) is 10.4 Å². The first kappa shape index (κ1) is 9.95. The molecule has 0 saturated carbocycles. The van der Waals surface area contributed by atoms with Gasteiger partial charge < -0.3 is 4.74 Å². The third-order valence-corrected chi connectivity index (χ3v) is 1.11. The summed E-state index contributed by atoms with van der Waals surface area (Å²) in [6, 6.07) is 0. The van der Waals surface area contributed by atoms with Crippen LogP contribution in [-0.4, -0.2) is 16.4 Å². The molecule has 0 N–H and O–H groups in total. The van der Waals surface area contributed by atoms with Crippen LogP contribution in [0.5, 0.6) is 0 Å². The molecule has 0 aromatic rings. The fourth-order valence-corrected chi connectivity index (χ4v) is 0.476. The zero-order valence-electron chi connectivity index (χ0n) is 6.77. The summed E-state index contributed by atoms with van der Waals surface area (Å²) in [7, 11) is 0. The number of esters is 1. The fraction of sp³-hybridized carbons (Fsp3) is 0.857. The first-order chi connectivity index (χ1) is 4.33. The maximum atomic E-state index is 10.9. The van der Waals surface area contributed by atoms with Gasteiger partial charge in [0.05, 0.1) is 0 Å². The summed E-state index contributed by atoms with van der Waals surface area (Å²) < 4.78 is 5.01. The minimum absolute atomic E-state index is 0.215. The predicted octanol–water partition coefficient (Wildman–Crippen LogP) is 2.11. The summed E-state index contributed by atoms with van der Waals surface area (Å²) >= 11 is 3.12. The van der Waals surface area contributed by atoms with Crippen molar-refractivity contribution in [2.24, 2.45) is 0 Å². The summed E-state index contributed by atoms with van der Waals surface area (Å²) in [6.07, 6.45) is 0. The number of rotatable bonds is 1. The molecule has 60 valence electrons. The minimum Gasteiger partial charge on any atom is -0.459 e. The third kappa shape index (κ3) is 4.79. The van der Waals surface area contributed by atoms with Crippen molar-refractivity contribution in [2.75, 3.05) is 0 Å². The highest BCUT2D eigenvalue weighted by Crippen LogP contribution is 2.10. The van der Waals surface area contributed by atoms with E-state index in [1.807, 2.05) is 20.8 Å². The first-order valence-electron chi connectivity index (χ1n) is 3.20. The van der Waals surface area contributed by atoms with Crippen LogP contribution < -0.4 is 0 Å². The molecule has 1 atom stereocenters. The second-order valence-corrected chi connectivity index (χ2v) is 4.52. The zero-order valence-corrected chi connectivity index (χ0v) is 8.36. The molecule has 0 aliphatic heterocycles. The molecular weight excluding hydrogens is 196 g/mol. The van der Waals surface area contributed by atoms with Crippen LogP contribution in [0.1, 0.15) is 27.7 Å². The van der Waals surface area contributed by atoms with Gasteiger partial charge in [-0.05, 0) is 27.7 Å². The smallest absolute Gasteiger partial charge is 0.319 e.